The highest BCUT2D eigenvalue weighted by molar-refractivity contribution is 5.92. The summed E-state index contributed by atoms with van der Waals surface area (Å²) in [5.41, 5.74) is 2.24. The molecule has 1 aromatic carbocycles. The number of carbonyl (C=O) groups is 1. The van der Waals surface area contributed by atoms with E-state index in [1.165, 1.54) is 6.20 Å². The zero-order chi connectivity index (χ0) is 12.5. The number of hydrogen-bond acceptors (Lipinski definition) is 4. The van der Waals surface area contributed by atoms with Gasteiger partial charge < -0.3 is 10.4 Å². The summed E-state index contributed by atoms with van der Waals surface area (Å²) in [7, 11) is 0. The average molecular weight is 244 g/mol. The molecule has 6 nitrogen and oxygen atoms in total. The van der Waals surface area contributed by atoms with Gasteiger partial charge in [-0.05, 0) is 11.1 Å². The summed E-state index contributed by atoms with van der Waals surface area (Å²) in [5.74, 6) is -0.343. The molecule has 2 aromatic rings. The highest BCUT2D eigenvalue weighted by Crippen LogP contribution is 2.31. The van der Waals surface area contributed by atoms with E-state index in [9.17, 15) is 9.90 Å². The summed E-state index contributed by atoms with van der Waals surface area (Å²) in [6.07, 6.45) is 1.31. The molecule has 1 aliphatic carbocycles. The minimum atomic E-state index is -0.599. The second kappa shape index (κ2) is 4.23. The number of aliphatic hydroxyl groups excluding tert-OH is 1. The predicted molar refractivity (Wildman–Crippen MR) is 62.7 cm³/mol. The molecule has 0 aliphatic heterocycles. The van der Waals surface area contributed by atoms with Crippen molar-refractivity contribution in [3.63, 3.8) is 0 Å². The zero-order valence-electron chi connectivity index (χ0n) is 9.50. The molecule has 18 heavy (non-hydrogen) atoms. The average Bonchev–Trinajstić information content (AvgIpc) is 2.98. The monoisotopic (exact) mass is 244 g/mol. The van der Waals surface area contributed by atoms with Gasteiger partial charge in [-0.15, -0.1) is 0 Å². The molecule has 6 heteroatoms. The number of fused-ring (bicyclic) bond motifs is 1. The lowest BCUT2D eigenvalue weighted by Gasteiger charge is -2.16. The highest BCUT2D eigenvalue weighted by Gasteiger charge is 2.32. The van der Waals surface area contributed by atoms with E-state index in [0.717, 1.165) is 11.1 Å². The summed E-state index contributed by atoms with van der Waals surface area (Å²) in [6.45, 7) is 0. The Balaban J connectivity index is 1.83. The molecule has 0 saturated heterocycles. The number of benzene rings is 1. The van der Waals surface area contributed by atoms with Crippen molar-refractivity contribution in [3.8, 4) is 0 Å². The number of hydrogen-bond donors (Lipinski definition) is 3. The maximum Gasteiger partial charge on any atom is 0.274 e. The molecule has 3 rings (SSSR count). The maximum absolute atomic E-state index is 11.9. The Morgan fingerprint density at radius 3 is 3.06 bits per heavy atom. The third kappa shape index (κ3) is 1.76. The third-order valence-corrected chi connectivity index (χ3v) is 3.14. The van der Waals surface area contributed by atoms with E-state index < -0.39 is 6.10 Å². The van der Waals surface area contributed by atoms with Crippen LogP contribution in [0.1, 0.15) is 27.7 Å². The van der Waals surface area contributed by atoms with Crippen molar-refractivity contribution in [1.29, 1.82) is 0 Å². The highest BCUT2D eigenvalue weighted by atomic mass is 16.3. The lowest BCUT2D eigenvalue weighted by Crippen LogP contribution is -2.34. The van der Waals surface area contributed by atoms with E-state index in [-0.39, 0.29) is 17.6 Å². The number of aromatic nitrogens is 3. The van der Waals surface area contributed by atoms with Gasteiger partial charge in [0.25, 0.3) is 5.91 Å². The molecule has 0 unspecified atom stereocenters. The Labute approximate surface area is 103 Å². The number of nitrogens with one attached hydrogen (secondary N) is 2. The van der Waals surface area contributed by atoms with Gasteiger partial charge in [0.2, 0.25) is 0 Å². The predicted octanol–water partition coefficient (Wildman–Crippen LogP) is 0.193. The molecule has 1 heterocycles. The smallest absolute Gasteiger partial charge is 0.274 e. The molecule has 0 radical (unpaired) electrons. The van der Waals surface area contributed by atoms with Crippen molar-refractivity contribution < 1.29 is 9.90 Å². The van der Waals surface area contributed by atoms with Crippen molar-refractivity contribution in [2.75, 3.05) is 0 Å². The van der Waals surface area contributed by atoms with E-state index >= 15 is 0 Å². The van der Waals surface area contributed by atoms with Gasteiger partial charge in [0, 0.05) is 6.42 Å². The first-order valence-corrected chi connectivity index (χ1v) is 5.68. The number of H-pyrrole nitrogens is 1. The summed E-state index contributed by atoms with van der Waals surface area (Å²) in [5, 5.41) is 22.4. The van der Waals surface area contributed by atoms with Crippen molar-refractivity contribution in [2.45, 2.75) is 18.6 Å². The van der Waals surface area contributed by atoms with Gasteiger partial charge in [0.15, 0.2) is 5.69 Å². The Morgan fingerprint density at radius 1 is 1.44 bits per heavy atom. The van der Waals surface area contributed by atoms with Crippen LogP contribution < -0.4 is 5.32 Å². The van der Waals surface area contributed by atoms with Crippen LogP contribution in [-0.4, -0.2) is 32.5 Å². The first-order valence-electron chi connectivity index (χ1n) is 5.68. The van der Waals surface area contributed by atoms with E-state index in [1.54, 1.807) is 0 Å². The van der Waals surface area contributed by atoms with Crippen molar-refractivity contribution in [3.05, 3.63) is 47.3 Å². The summed E-state index contributed by atoms with van der Waals surface area (Å²) in [4.78, 5) is 11.9. The fraction of sp³-hybridized carbons (Fsp3) is 0.250. The van der Waals surface area contributed by atoms with Crippen LogP contribution in [0.15, 0.2) is 30.5 Å². The number of aromatic amines is 1. The fourth-order valence-corrected chi connectivity index (χ4v) is 2.27. The van der Waals surface area contributed by atoms with E-state index in [4.69, 9.17) is 0 Å². The van der Waals surface area contributed by atoms with Gasteiger partial charge in [-0.25, -0.2) is 0 Å². The number of nitrogens with zero attached hydrogens (tertiary/aromatic N) is 2. The van der Waals surface area contributed by atoms with Crippen LogP contribution in [0.5, 0.6) is 0 Å². The first kappa shape index (κ1) is 10.9. The molecule has 0 bridgehead atoms. The summed E-state index contributed by atoms with van der Waals surface area (Å²) < 4.78 is 0. The lowest BCUT2D eigenvalue weighted by atomic mass is 10.1. The zero-order valence-corrected chi connectivity index (χ0v) is 9.50. The number of rotatable bonds is 2. The Bertz CT molecular complexity index is 567. The van der Waals surface area contributed by atoms with Crippen LogP contribution in [0.2, 0.25) is 0 Å². The van der Waals surface area contributed by atoms with Crippen LogP contribution >= 0.6 is 0 Å². The molecule has 1 aromatic heterocycles. The minimum absolute atomic E-state index is 0.214. The molecule has 0 spiro atoms. The molecule has 2 atom stereocenters. The SMILES string of the molecule is O=C(N[C@@H]1c2ccccc2C[C@@H]1O)c1cn[nH]n1. The standard InChI is InChI=1S/C12H12N4O2/c17-10-5-7-3-1-2-4-8(7)11(10)14-12(18)9-6-13-16-15-9/h1-4,6,10-11,17H,5H2,(H,14,18)(H,13,15,16)/t10-,11+/m0/s1. The van der Waals surface area contributed by atoms with Gasteiger partial charge >= 0.3 is 0 Å². The van der Waals surface area contributed by atoms with Gasteiger partial charge in [0.1, 0.15) is 0 Å². The van der Waals surface area contributed by atoms with Crippen molar-refractivity contribution >= 4 is 5.91 Å². The van der Waals surface area contributed by atoms with Gasteiger partial charge in [-0.3, -0.25) is 4.79 Å². The molecular weight excluding hydrogens is 232 g/mol. The molecule has 92 valence electrons. The Kier molecular flexibility index (Phi) is 2.56. The second-order valence-corrected chi connectivity index (χ2v) is 4.28. The second-order valence-electron chi connectivity index (χ2n) is 4.28. The summed E-state index contributed by atoms with van der Waals surface area (Å²) >= 11 is 0. The summed E-state index contributed by atoms with van der Waals surface area (Å²) in [6, 6.07) is 7.31. The van der Waals surface area contributed by atoms with Crippen LogP contribution in [0.25, 0.3) is 0 Å². The van der Waals surface area contributed by atoms with Gasteiger partial charge in [-0.2, -0.15) is 15.4 Å². The maximum atomic E-state index is 11.9. The number of carbonyl (C=O) groups excluding carboxylic acids is 1. The molecule has 0 fully saturated rings. The first-order chi connectivity index (χ1) is 8.75. The normalized spacial score (nSPS) is 21.6. The van der Waals surface area contributed by atoms with Gasteiger partial charge in [-0.1, -0.05) is 24.3 Å². The third-order valence-electron chi connectivity index (χ3n) is 3.14. The largest absolute Gasteiger partial charge is 0.390 e. The van der Waals surface area contributed by atoms with E-state index in [0.29, 0.717) is 6.42 Å². The van der Waals surface area contributed by atoms with Crippen LogP contribution in [0, 0.1) is 0 Å². The molecule has 0 saturated carbocycles. The van der Waals surface area contributed by atoms with Crippen molar-refractivity contribution in [2.24, 2.45) is 0 Å². The van der Waals surface area contributed by atoms with Crippen molar-refractivity contribution in [1.82, 2.24) is 20.7 Å². The topological polar surface area (TPSA) is 90.9 Å². The quantitative estimate of drug-likeness (QED) is 0.703. The van der Waals surface area contributed by atoms with E-state index in [2.05, 4.69) is 20.7 Å². The fourth-order valence-electron chi connectivity index (χ4n) is 2.27. The van der Waals surface area contributed by atoms with Gasteiger partial charge in [0.05, 0.1) is 18.3 Å². The Morgan fingerprint density at radius 2 is 2.28 bits per heavy atom. The lowest BCUT2D eigenvalue weighted by molar-refractivity contribution is 0.0853. The molecule has 3 N–H and O–H groups in total. The van der Waals surface area contributed by atoms with Crippen LogP contribution in [0.4, 0.5) is 0 Å². The number of amides is 1. The Hall–Kier alpha value is -2.21. The molecule has 1 aliphatic rings. The molecular formula is C12H12N4O2. The van der Waals surface area contributed by atoms with E-state index in [1.807, 2.05) is 24.3 Å². The minimum Gasteiger partial charge on any atom is -0.390 e. The number of aliphatic hydroxyl groups is 1. The molecule has 1 amide bonds. The van der Waals surface area contributed by atoms with Crippen LogP contribution in [0.3, 0.4) is 0 Å². The van der Waals surface area contributed by atoms with Crippen LogP contribution in [-0.2, 0) is 6.42 Å².